The number of anilines is 1. The zero-order chi connectivity index (χ0) is 19.3. The van der Waals surface area contributed by atoms with E-state index in [4.69, 9.17) is 11.6 Å². The van der Waals surface area contributed by atoms with Gasteiger partial charge in [0.15, 0.2) is 5.82 Å². The van der Waals surface area contributed by atoms with E-state index in [9.17, 15) is 18.1 Å². The highest BCUT2D eigenvalue weighted by Crippen LogP contribution is 2.32. The highest BCUT2D eigenvalue weighted by Gasteiger charge is 2.20. The minimum absolute atomic E-state index is 0.00191. The second-order valence-electron chi connectivity index (χ2n) is 5.47. The second kappa shape index (κ2) is 9.45. The molecule has 0 heterocycles. The zero-order valence-corrected chi connectivity index (χ0v) is 16.5. The monoisotopic (exact) mass is 418 g/mol. The van der Waals surface area contributed by atoms with Crippen LogP contribution < -0.4 is 4.72 Å². The van der Waals surface area contributed by atoms with E-state index in [0.29, 0.717) is 29.0 Å². The molecule has 0 aliphatic carbocycles. The van der Waals surface area contributed by atoms with Crippen molar-refractivity contribution in [1.82, 2.24) is 4.90 Å². The van der Waals surface area contributed by atoms with Crippen LogP contribution >= 0.6 is 23.4 Å². The third-order valence-electron chi connectivity index (χ3n) is 3.31. The Labute approximate surface area is 163 Å². The predicted molar refractivity (Wildman–Crippen MR) is 102 cm³/mol. The Morgan fingerprint density at radius 3 is 2.65 bits per heavy atom. The first-order chi connectivity index (χ1) is 12.3. The number of amides is 1. The summed E-state index contributed by atoms with van der Waals surface area (Å²) in [4.78, 5) is 13.7. The Morgan fingerprint density at radius 1 is 1.27 bits per heavy atom. The number of halogens is 3. The summed E-state index contributed by atoms with van der Waals surface area (Å²) in [5.41, 5.74) is 0.446. The molecule has 0 bridgehead atoms. The number of nitrogens with one attached hydrogen (secondary N) is 1. The number of hydrogen-bond donors (Lipinski definition) is 1. The van der Waals surface area contributed by atoms with Gasteiger partial charge in [-0.2, -0.15) is 0 Å². The molecule has 140 valence electrons. The van der Waals surface area contributed by atoms with E-state index in [1.165, 1.54) is 16.7 Å². The Hall–Kier alpha value is -1.48. The molecule has 2 rings (SSSR count). The van der Waals surface area contributed by atoms with Crippen molar-refractivity contribution in [2.24, 2.45) is 0 Å². The fourth-order valence-electron chi connectivity index (χ4n) is 1.96. The van der Waals surface area contributed by atoms with Crippen molar-refractivity contribution in [1.29, 1.82) is 0 Å². The quantitative estimate of drug-likeness (QED) is 0.537. The van der Waals surface area contributed by atoms with Gasteiger partial charge in [-0.05, 0) is 24.3 Å². The first-order valence-electron chi connectivity index (χ1n) is 7.54. The Balaban J connectivity index is 2.12. The maximum atomic E-state index is 13.8. The molecule has 0 radical (unpaired) electrons. The van der Waals surface area contributed by atoms with Crippen LogP contribution in [0.15, 0.2) is 46.2 Å². The van der Waals surface area contributed by atoms with Crippen LogP contribution in [0, 0.1) is 11.6 Å². The average molecular weight is 419 g/mol. The fourth-order valence-corrected chi connectivity index (χ4v) is 4.03. The van der Waals surface area contributed by atoms with Gasteiger partial charge in [-0.15, -0.1) is 11.8 Å². The molecule has 0 aromatic heterocycles. The molecule has 1 atom stereocenters. The summed E-state index contributed by atoms with van der Waals surface area (Å²) in [6.45, 7) is 0. The van der Waals surface area contributed by atoms with Crippen LogP contribution in [0.4, 0.5) is 14.5 Å². The van der Waals surface area contributed by atoms with E-state index in [-0.39, 0.29) is 10.8 Å². The van der Waals surface area contributed by atoms with Crippen molar-refractivity contribution in [3.8, 4) is 0 Å². The van der Waals surface area contributed by atoms with Crippen LogP contribution in [0.1, 0.15) is 6.42 Å². The van der Waals surface area contributed by atoms with Crippen LogP contribution in [-0.4, -0.2) is 35.2 Å². The number of benzene rings is 2. The van der Waals surface area contributed by atoms with Crippen LogP contribution in [0.25, 0.3) is 0 Å². The zero-order valence-electron chi connectivity index (χ0n) is 14.1. The molecule has 0 spiro atoms. The number of carbonyl (C=O) groups excluding carboxylic acids is 1. The summed E-state index contributed by atoms with van der Waals surface area (Å²) in [5, 5.41) is 0.415. The Bertz CT molecular complexity index is 793. The van der Waals surface area contributed by atoms with Crippen LogP contribution in [-0.2, 0) is 16.2 Å². The van der Waals surface area contributed by atoms with Gasteiger partial charge in [-0.25, -0.2) is 13.5 Å². The fraction of sp³-hybridized carbons (Fsp3) is 0.235. The molecule has 0 saturated heterocycles. The van der Waals surface area contributed by atoms with Crippen LogP contribution in [0.3, 0.4) is 0 Å². The average Bonchev–Trinajstić information content (AvgIpc) is 2.56. The summed E-state index contributed by atoms with van der Waals surface area (Å²) in [5.74, 6) is -1.13. The standard InChI is InChI=1S/C17H17ClF2N2O2S2/c1-22(2)17(23)7-8-25-15-5-3-11(18)9-14(15)21-26(24)16-6-4-12(19)10-13(16)20/h3-6,9-10,21H,7-8H2,1-2H3. The highest BCUT2D eigenvalue weighted by atomic mass is 35.5. The molecule has 2 aromatic rings. The SMILES string of the molecule is CN(C)C(=O)CCSc1ccc(Cl)cc1N[S+]([O-])c1ccc(F)cc1F. The minimum atomic E-state index is -1.93. The maximum absolute atomic E-state index is 13.8. The summed E-state index contributed by atoms with van der Waals surface area (Å²) >= 11 is 5.45. The predicted octanol–water partition coefficient (Wildman–Crippen LogP) is 4.32. The van der Waals surface area contributed by atoms with Gasteiger partial charge in [0.05, 0.1) is 5.69 Å². The second-order valence-corrected chi connectivity index (χ2v) is 8.23. The van der Waals surface area contributed by atoms with Gasteiger partial charge in [0.1, 0.15) is 17.2 Å². The third kappa shape index (κ3) is 5.77. The van der Waals surface area contributed by atoms with E-state index in [0.717, 1.165) is 17.0 Å². The van der Waals surface area contributed by atoms with E-state index >= 15 is 0 Å². The molecule has 4 nitrogen and oxygen atoms in total. The summed E-state index contributed by atoms with van der Waals surface area (Å²) in [6, 6.07) is 7.81. The van der Waals surface area contributed by atoms with Gasteiger partial charge in [0.2, 0.25) is 10.8 Å². The van der Waals surface area contributed by atoms with Crippen LogP contribution in [0.2, 0.25) is 5.02 Å². The van der Waals surface area contributed by atoms with Gasteiger partial charge in [0, 0.05) is 48.3 Å². The molecule has 9 heteroatoms. The lowest BCUT2D eigenvalue weighted by Gasteiger charge is -2.15. The lowest BCUT2D eigenvalue weighted by molar-refractivity contribution is -0.128. The maximum Gasteiger partial charge on any atom is 0.222 e. The molecule has 1 amide bonds. The Kier molecular flexibility index (Phi) is 7.57. The van der Waals surface area contributed by atoms with Crippen molar-refractivity contribution in [3.63, 3.8) is 0 Å². The van der Waals surface area contributed by atoms with Crippen molar-refractivity contribution in [2.45, 2.75) is 16.2 Å². The molecule has 26 heavy (non-hydrogen) atoms. The summed E-state index contributed by atoms with van der Waals surface area (Å²) in [7, 11) is 3.37. The molecular weight excluding hydrogens is 402 g/mol. The van der Waals surface area contributed by atoms with E-state index in [2.05, 4.69) is 4.72 Å². The van der Waals surface area contributed by atoms with Gasteiger partial charge in [-0.3, -0.25) is 4.79 Å². The van der Waals surface area contributed by atoms with Gasteiger partial charge < -0.3 is 9.45 Å². The number of thioether (sulfide) groups is 1. The van der Waals surface area contributed by atoms with Gasteiger partial charge in [0.25, 0.3) is 0 Å². The first kappa shape index (κ1) is 20.8. The van der Waals surface area contributed by atoms with Crippen LogP contribution in [0.5, 0.6) is 0 Å². The van der Waals surface area contributed by atoms with Crippen molar-refractivity contribution in [3.05, 3.63) is 53.1 Å². The number of rotatable bonds is 7. The Morgan fingerprint density at radius 2 is 2.00 bits per heavy atom. The largest absolute Gasteiger partial charge is 0.588 e. The molecule has 0 saturated carbocycles. The molecule has 1 unspecified atom stereocenters. The smallest absolute Gasteiger partial charge is 0.222 e. The molecular formula is C17H17ClF2N2O2S2. The van der Waals surface area contributed by atoms with Crippen molar-refractivity contribution < 1.29 is 18.1 Å². The van der Waals surface area contributed by atoms with E-state index in [1.54, 1.807) is 32.3 Å². The van der Waals surface area contributed by atoms with E-state index in [1.807, 2.05) is 0 Å². The lowest BCUT2D eigenvalue weighted by Crippen LogP contribution is -2.21. The number of hydrogen-bond acceptors (Lipinski definition) is 4. The molecule has 2 aromatic carbocycles. The molecule has 0 aliphatic rings. The lowest BCUT2D eigenvalue weighted by atomic mass is 10.3. The van der Waals surface area contributed by atoms with Crippen molar-refractivity contribution in [2.75, 3.05) is 24.6 Å². The molecule has 0 aliphatic heterocycles. The number of carbonyl (C=O) groups is 1. The van der Waals surface area contributed by atoms with Gasteiger partial charge >= 0.3 is 0 Å². The summed E-state index contributed by atoms with van der Waals surface area (Å²) in [6.07, 6.45) is 0.343. The topological polar surface area (TPSA) is 55.4 Å². The third-order valence-corrected chi connectivity index (χ3v) is 5.76. The molecule has 1 N–H and O–H groups in total. The summed E-state index contributed by atoms with van der Waals surface area (Å²) < 4.78 is 41.9. The minimum Gasteiger partial charge on any atom is -0.588 e. The van der Waals surface area contributed by atoms with E-state index < -0.39 is 23.0 Å². The first-order valence-corrected chi connectivity index (χ1v) is 10.0. The van der Waals surface area contributed by atoms with Gasteiger partial charge in [-0.1, -0.05) is 11.6 Å². The highest BCUT2D eigenvalue weighted by molar-refractivity contribution is 7.99. The number of nitrogens with zero attached hydrogens (tertiary/aromatic N) is 1. The normalized spacial score (nSPS) is 11.9. The van der Waals surface area contributed by atoms with Crippen molar-refractivity contribution >= 4 is 46.3 Å². The molecule has 0 fully saturated rings.